The maximum Gasteiger partial charge on any atom is 0.162 e. The Morgan fingerprint density at radius 2 is 2.05 bits per heavy atom. The number of nitrogens with one attached hydrogen (secondary N) is 1. The van der Waals surface area contributed by atoms with E-state index in [0.717, 1.165) is 47.7 Å². The van der Waals surface area contributed by atoms with Crippen molar-refractivity contribution >= 4 is 16.6 Å². The number of ether oxygens (including phenoxy) is 2. The fourth-order valence-corrected chi connectivity index (χ4v) is 3.07. The zero-order chi connectivity index (χ0) is 14.2. The summed E-state index contributed by atoms with van der Waals surface area (Å²) in [5.74, 6) is 2.70. The van der Waals surface area contributed by atoms with Crippen LogP contribution in [0.3, 0.4) is 0 Å². The van der Waals surface area contributed by atoms with Crippen LogP contribution in [0.2, 0.25) is 0 Å². The molecule has 0 aliphatic carbocycles. The van der Waals surface area contributed by atoms with Crippen molar-refractivity contribution in [1.82, 2.24) is 10.3 Å². The van der Waals surface area contributed by atoms with E-state index >= 15 is 0 Å². The van der Waals surface area contributed by atoms with Crippen molar-refractivity contribution < 1.29 is 9.47 Å². The number of hydrogen-bond donors (Lipinski definition) is 1. The number of anilines is 1. The molecule has 0 spiro atoms. The molecular weight excluding hydrogens is 266 g/mol. The van der Waals surface area contributed by atoms with Crippen molar-refractivity contribution in [1.29, 1.82) is 0 Å². The predicted octanol–water partition coefficient (Wildman–Crippen LogP) is 1.80. The van der Waals surface area contributed by atoms with Gasteiger partial charge in [0.15, 0.2) is 11.5 Å². The van der Waals surface area contributed by atoms with Crippen molar-refractivity contribution in [2.24, 2.45) is 0 Å². The number of piperazine rings is 1. The Balaban J connectivity index is 1.81. The molecule has 1 N–H and O–H groups in total. The monoisotopic (exact) mass is 285 g/mol. The SMILES string of the molecule is C[C@@H]1CN(c2nccc3cc4c(cc23)OCCO4)CCN1. The van der Waals surface area contributed by atoms with E-state index in [1.54, 1.807) is 0 Å². The first kappa shape index (κ1) is 12.7. The first-order valence-electron chi connectivity index (χ1n) is 7.48. The van der Waals surface area contributed by atoms with Crippen molar-refractivity contribution in [3.05, 3.63) is 24.4 Å². The number of pyridine rings is 1. The first-order valence-corrected chi connectivity index (χ1v) is 7.48. The lowest BCUT2D eigenvalue weighted by Crippen LogP contribution is -2.49. The Morgan fingerprint density at radius 1 is 1.24 bits per heavy atom. The molecule has 0 radical (unpaired) electrons. The molecule has 5 heteroatoms. The summed E-state index contributed by atoms with van der Waals surface area (Å²) in [5, 5.41) is 5.75. The van der Waals surface area contributed by atoms with Gasteiger partial charge in [-0.1, -0.05) is 0 Å². The molecule has 0 unspecified atom stereocenters. The molecule has 1 atom stereocenters. The van der Waals surface area contributed by atoms with E-state index in [-0.39, 0.29) is 0 Å². The van der Waals surface area contributed by atoms with E-state index in [4.69, 9.17) is 9.47 Å². The van der Waals surface area contributed by atoms with Gasteiger partial charge in [-0.25, -0.2) is 4.98 Å². The molecule has 2 aliphatic rings. The van der Waals surface area contributed by atoms with Crippen LogP contribution in [-0.4, -0.2) is 43.9 Å². The Kier molecular flexibility index (Phi) is 3.07. The van der Waals surface area contributed by atoms with E-state index in [2.05, 4.69) is 34.3 Å². The second kappa shape index (κ2) is 5.07. The van der Waals surface area contributed by atoms with Crippen LogP contribution >= 0.6 is 0 Å². The third kappa shape index (κ3) is 2.27. The molecule has 0 amide bonds. The minimum atomic E-state index is 0.480. The van der Waals surface area contributed by atoms with Gasteiger partial charge in [0.2, 0.25) is 0 Å². The molecule has 110 valence electrons. The van der Waals surface area contributed by atoms with Gasteiger partial charge in [-0.05, 0) is 30.5 Å². The highest BCUT2D eigenvalue weighted by Crippen LogP contribution is 2.37. The van der Waals surface area contributed by atoms with E-state index in [1.165, 1.54) is 0 Å². The summed E-state index contributed by atoms with van der Waals surface area (Å²) in [4.78, 5) is 6.96. The number of aromatic nitrogens is 1. The molecular formula is C16H19N3O2. The van der Waals surface area contributed by atoms with E-state index < -0.39 is 0 Å². The lowest BCUT2D eigenvalue weighted by molar-refractivity contribution is 0.172. The standard InChI is InChI=1S/C16H19N3O2/c1-11-10-19(5-4-17-11)16-13-9-15-14(20-6-7-21-15)8-12(13)2-3-18-16/h2-3,8-9,11,17H,4-7,10H2,1H3/t11-/m1/s1. The molecule has 1 aromatic carbocycles. The average molecular weight is 285 g/mol. The van der Waals surface area contributed by atoms with E-state index in [0.29, 0.717) is 19.3 Å². The highest BCUT2D eigenvalue weighted by atomic mass is 16.6. The summed E-state index contributed by atoms with van der Waals surface area (Å²) in [5.41, 5.74) is 0. The molecule has 0 bridgehead atoms. The van der Waals surface area contributed by atoms with Gasteiger partial charge >= 0.3 is 0 Å². The highest BCUT2D eigenvalue weighted by Gasteiger charge is 2.20. The van der Waals surface area contributed by atoms with E-state index in [9.17, 15) is 0 Å². The van der Waals surface area contributed by atoms with Gasteiger partial charge in [0.05, 0.1) is 0 Å². The zero-order valence-corrected chi connectivity index (χ0v) is 12.1. The molecule has 1 fully saturated rings. The lowest BCUT2D eigenvalue weighted by Gasteiger charge is -2.33. The van der Waals surface area contributed by atoms with Gasteiger partial charge in [-0.2, -0.15) is 0 Å². The molecule has 1 aromatic heterocycles. The molecule has 1 saturated heterocycles. The molecule has 4 rings (SSSR count). The fourth-order valence-electron chi connectivity index (χ4n) is 3.07. The minimum absolute atomic E-state index is 0.480. The highest BCUT2D eigenvalue weighted by molar-refractivity contribution is 5.94. The molecule has 5 nitrogen and oxygen atoms in total. The normalized spacial score (nSPS) is 21.6. The zero-order valence-electron chi connectivity index (χ0n) is 12.1. The van der Waals surface area contributed by atoms with Crippen LogP contribution in [0.4, 0.5) is 5.82 Å². The van der Waals surface area contributed by atoms with Crippen LogP contribution < -0.4 is 19.7 Å². The molecule has 3 heterocycles. The van der Waals surface area contributed by atoms with Crippen LogP contribution in [0.1, 0.15) is 6.92 Å². The quantitative estimate of drug-likeness (QED) is 0.866. The number of rotatable bonds is 1. The smallest absolute Gasteiger partial charge is 0.162 e. The lowest BCUT2D eigenvalue weighted by atomic mass is 10.1. The Hall–Kier alpha value is -2.01. The van der Waals surface area contributed by atoms with E-state index in [1.807, 2.05) is 12.3 Å². The minimum Gasteiger partial charge on any atom is -0.486 e. The van der Waals surface area contributed by atoms with Crippen LogP contribution in [0.15, 0.2) is 24.4 Å². The summed E-state index contributed by atoms with van der Waals surface area (Å²) in [6.07, 6.45) is 1.88. The second-order valence-electron chi connectivity index (χ2n) is 5.65. The maximum atomic E-state index is 5.71. The van der Waals surface area contributed by atoms with Crippen molar-refractivity contribution in [2.45, 2.75) is 13.0 Å². The summed E-state index contributed by atoms with van der Waals surface area (Å²) in [6, 6.07) is 6.63. The van der Waals surface area contributed by atoms with Crippen molar-refractivity contribution in [3.63, 3.8) is 0 Å². The van der Waals surface area contributed by atoms with Gasteiger partial charge in [-0.15, -0.1) is 0 Å². The Labute approximate surface area is 123 Å². The van der Waals surface area contributed by atoms with Crippen LogP contribution in [0, 0.1) is 0 Å². The van der Waals surface area contributed by atoms with Crippen LogP contribution in [0.5, 0.6) is 11.5 Å². The number of fused-ring (bicyclic) bond motifs is 2. The molecule has 2 aliphatic heterocycles. The third-order valence-corrected chi connectivity index (χ3v) is 4.07. The van der Waals surface area contributed by atoms with Gasteiger partial charge in [0.25, 0.3) is 0 Å². The Bertz CT molecular complexity index is 674. The summed E-state index contributed by atoms with van der Waals surface area (Å²) < 4.78 is 11.4. The number of benzene rings is 1. The predicted molar refractivity (Wildman–Crippen MR) is 82.4 cm³/mol. The van der Waals surface area contributed by atoms with Gasteiger partial charge in [-0.3, -0.25) is 0 Å². The van der Waals surface area contributed by atoms with Gasteiger partial charge in [0.1, 0.15) is 19.0 Å². The Morgan fingerprint density at radius 3 is 2.86 bits per heavy atom. The van der Waals surface area contributed by atoms with Gasteiger partial charge in [0, 0.05) is 37.3 Å². The largest absolute Gasteiger partial charge is 0.486 e. The van der Waals surface area contributed by atoms with Crippen molar-refractivity contribution in [2.75, 3.05) is 37.7 Å². The summed E-state index contributed by atoms with van der Waals surface area (Å²) in [7, 11) is 0. The first-order chi connectivity index (χ1) is 10.3. The molecule has 2 aromatic rings. The van der Waals surface area contributed by atoms with Gasteiger partial charge < -0.3 is 19.7 Å². The average Bonchev–Trinajstić information content (AvgIpc) is 2.52. The third-order valence-electron chi connectivity index (χ3n) is 4.07. The maximum absolute atomic E-state index is 5.71. The summed E-state index contributed by atoms with van der Waals surface area (Å²) >= 11 is 0. The second-order valence-corrected chi connectivity index (χ2v) is 5.65. The van der Waals surface area contributed by atoms with Crippen LogP contribution in [-0.2, 0) is 0 Å². The summed E-state index contributed by atoms with van der Waals surface area (Å²) in [6.45, 7) is 6.37. The molecule has 0 saturated carbocycles. The molecule has 21 heavy (non-hydrogen) atoms. The number of hydrogen-bond acceptors (Lipinski definition) is 5. The fraction of sp³-hybridized carbons (Fsp3) is 0.438. The van der Waals surface area contributed by atoms with Crippen LogP contribution in [0.25, 0.3) is 10.8 Å². The topological polar surface area (TPSA) is 46.6 Å². The van der Waals surface area contributed by atoms with Crippen molar-refractivity contribution in [3.8, 4) is 11.5 Å². The number of nitrogens with zero attached hydrogens (tertiary/aromatic N) is 2.